The van der Waals surface area contributed by atoms with Gasteiger partial charge in [0.2, 0.25) is 0 Å². The second-order valence-corrected chi connectivity index (χ2v) is 4.73. The summed E-state index contributed by atoms with van der Waals surface area (Å²) in [4.78, 5) is 6.10. The highest BCUT2D eigenvalue weighted by Crippen LogP contribution is 2.27. The average Bonchev–Trinajstić information content (AvgIpc) is 2.60. The number of rotatable bonds is 5. The monoisotopic (exact) mass is 212 g/mol. The van der Waals surface area contributed by atoms with Gasteiger partial charge in [0, 0.05) is 17.3 Å². The van der Waals surface area contributed by atoms with Crippen LogP contribution in [0.1, 0.15) is 48.7 Å². The van der Waals surface area contributed by atoms with E-state index in [1.54, 1.807) is 0 Å². The zero-order chi connectivity index (χ0) is 10.6. The van der Waals surface area contributed by atoms with Crippen LogP contribution in [0.5, 0.6) is 0 Å². The first-order valence-corrected chi connectivity index (χ1v) is 6.17. The fourth-order valence-electron chi connectivity index (χ4n) is 1.36. The lowest BCUT2D eigenvalue weighted by molar-refractivity contribution is 0.721. The Morgan fingerprint density at radius 2 is 2.14 bits per heavy atom. The van der Waals surface area contributed by atoms with Crippen LogP contribution in [0.2, 0.25) is 0 Å². The molecule has 0 bridgehead atoms. The van der Waals surface area contributed by atoms with E-state index in [1.165, 1.54) is 22.0 Å². The van der Waals surface area contributed by atoms with Crippen LogP contribution in [-0.2, 0) is 13.0 Å². The third kappa shape index (κ3) is 2.55. The first-order valence-electron chi connectivity index (χ1n) is 5.35. The molecule has 0 fully saturated rings. The topological polar surface area (TPSA) is 24.9 Å². The Bertz CT molecular complexity index is 281. The maximum atomic E-state index is 4.70. The van der Waals surface area contributed by atoms with Crippen molar-refractivity contribution in [3.8, 4) is 0 Å². The van der Waals surface area contributed by atoms with Gasteiger partial charge in [0.15, 0.2) is 0 Å². The predicted octanol–water partition coefficient (Wildman–Crippen LogP) is 2.94. The molecule has 80 valence electrons. The molecule has 0 amide bonds. The third-order valence-corrected chi connectivity index (χ3v) is 3.83. The summed E-state index contributed by atoms with van der Waals surface area (Å²) >= 11 is 1.87. The molecule has 14 heavy (non-hydrogen) atoms. The second kappa shape index (κ2) is 5.47. The van der Waals surface area contributed by atoms with Crippen LogP contribution in [0.15, 0.2) is 0 Å². The molecule has 0 saturated carbocycles. The van der Waals surface area contributed by atoms with E-state index < -0.39 is 0 Å². The fourth-order valence-corrected chi connectivity index (χ4v) is 2.66. The fraction of sp³-hybridized carbons (Fsp3) is 0.727. The molecule has 0 aromatic carbocycles. The van der Waals surface area contributed by atoms with Gasteiger partial charge in [-0.2, -0.15) is 0 Å². The number of nitrogens with zero attached hydrogens (tertiary/aromatic N) is 1. The minimum absolute atomic E-state index is 0.607. The highest BCUT2D eigenvalue weighted by molar-refractivity contribution is 7.11. The molecule has 2 nitrogen and oxygen atoms in total. The summed E-state index contributed by atoms with van der Waals surface area (Å²) < 4.78 is 0. The van der Waals surface area contributed by atoms with Crippen molar-refractivity contribution in [1.82, 2.24) is 10.3 Å². The van der Waals surface area contributed by atoms with Crippen molar-refractivity contribution in [3.63, 3.8) is 0 Å². The van der Waals surface area contributed by atoms with Crippen LogP contribution in [0.3, 0.4) is 0 Å². The van der Waals surface area contributed by atoms with Gasteiger partial charge in [0.1, 0.15) is 0 Å². The summed E-state index contributed by atoms with van der Waals surface area (Å²) in [6, 6.07) is 0. The average molecular weight is 212 g/mol. The maximum absolute atomic E-state index is 4.70. The number of aromatic nitrogens is 1. The molecule has 1 aromatic rings. The molecule has 1 heterocycles. The number of thiazole rings is 1. The Morgan fingerprint density at radius 3 is 2.64 bits per heavy atom. The van der Waals surface area contributed by atoms with Gasteiger partial charge in [-0.25, -0.2) is 4.98 Å². The van der Waals surface area contributed by atoms with Crippen LogP contribution in [0.25, 0.3) is 0 Å². The number of hydrogen-bond acceptors (Lipinski definition) is 3. The standard InChI is InChI=1S/C11H20N2S/c1-5-8(3)11-13-9(6-2)10(14-11)7-12-4/h8,12H,5-7H2,1-4H3. The molecular weight excluding hydrogens is 192 g/mol. The van der Waals surface area contributed by atoms with E-state index in [0.29, 0.717) is 5.92 Å². The summed E-state index contributed by atoms with van der Waals surface area (Å²) in [5.41, 5.74) is 1.28. The van der Waals surface area contributed by atoms with E-state index in [1.807, 2.05) is 18.4 Å². The smallest absolute Gasteiger partial charge is 0.0959 e. The molecule has 0 radical (unpaired) electrons. The third-order valence-electron chi connectivity index (χ3n) is 2.50. The summed E-state index contributed by atoms with van der Waals surface area (Å²) in [5, 5.41) is 4.50. The molecule has 3 heteroatoms. The predicted molar refractivity (Wildman–Crippen MR) is 63.0 cm³/mol. The minimum atomic E-state index is 0.607. The molecule has 1 unspecified atom stereocenters. The van der Waals surface area contributed by atoms with Crippen molar-refractivity contribution >= 4 is 11.3 Å². The largest absolute Gasteiger partial charge is 0.315 e. The van der Waals surface area contributed by atoms with Gasteiger partial charge < -0.3 is 5.32 Å². The molecule has 0 saturated heterocycles. The first kappa shape index (κ1) is 11.7. The zero-order valence-corrected chi connectivity index (χ0v) is 10.4. The molecule has 1 atom stereocenters. The Hall–Kier alpha value is -0.410. The maximum Gasteiger partial charge on any atom is 0.0959 e. The van der Waals surface area contributed by atoms with Gasteiger partial charge in [-0.1, -0.05) is 20.8 Å². The summed E-state index contributed by atoms with van der Waals surface area (Å²) in [5.74, 6) is 0.607. The second-order valence-electron chi connectivity index (χ2n) is 3.62. The first-order chi connectivity index (χ1) is 6.72. The van der Waals surface area contributed by atoms with E-state index in [9.17, 15) is 0 Å². The van der Waals surface area contributed by atoms with Crippen molar-refractivity contribution in [2.24, 2.45) is 0 Å². The van der Waals surface area contributed by atoms with E-state index in [4.69, 9.17) is 4.98 Å². The van der Waals surface area contributed by atoms with E-state index in [0.717, 1.165) is 13.0 Å². The molecule has 0 aliphatic heterocycles. The van der Waals surface area contributed by atoms with Crippen LogP contribution in [0, 0.1) is 0 Å². The van der Waals surface area contributed by atoms with Crippen molar-refractivity contribution < 1.29 is 0 Å². The molecule has 1 aromatic heterocycles. The van der Waals surface area contributed by atoms with Crippen LogP contribution in [-0.4, -0.2) is 12.0 Å². The van der Waals surface area contributed by atoms with Crippen molar-refractivity contribution in [1.29, 1.82) is 0 Å². The lowest BCUT2D eigenvalue weighted by Gasteiger charge is -2.01. The van der Waals surface area contributed by atoms with Gasteiger partial charge in [-0.3, -0.25) is 0 Å². The molecule has 1 N–H and O–H groups in total. The van der Waals surface area contributed by atoms with E-state index in [-0.39, 0.29) is 0 Å². The van der Waals surface area contributed by atoms with Crippen LogP contribution < -0.4 is 5.32 Å². The lowest BCUT2D eigenvalue weighted by atomic mass is 10.1. The zero-order valence-electron chi connectivity index (χ0n) is 9.55. The van der Waals surface area contributed by atoms with Gasteiger partial charge >= 0.3 is 0 Å². The number of nitrogens with one attached hydrogen (secondary N) is 1. The Labute approximate surface area is 90.8 Å². The van der Waals surface area contributed by atoms with E-state index in [2.05, 4.69) is 26.1 Å². The van der Waals surface area contributed by atoms with Crippen LogP contribution >= 0.6 is 11.3 Å². The highest BCUT2D eigenvalue weighted by atomic mass is 32.1. The number of aryl methyl sites for hydroxylation is 1. The SMILES string of the molecule is CCc1nc(C(C)CC)sc1CNC. The van der Waals surface area contributed by atoms with Crippen molar-refractivity contribution in [2.45, 2.75) is 46.1 Å². The summed E-state index contributed by atoms with van der Waals surface area (Å²) in [6.45, 7) is 7.60. The minimum Gasteiger partial charge on any atom is -0.315 e. The van der Waals surface area contributed by atoms with Gasteiger partial charge in [0.25, 0.3) is 0 Å². The van der Waals surface area contributed by atoms with Crippen LogP contribution in [0.4, 0.5) is 0 Å². The number of hydrogen-bond donors (Lipinski definition) is 1. The summed E-state index contributed by atoms with van der Waals surface area (Å²) in [7, 11) is 1.99. The highest BCUT2D eigenvalue weighted by Gasteiger charge is 2.12. The molecule has 0 aliphatic carbocycles. The molecular formula is C11H20N2S. The molecule has 0 spiro atoms. The van der Waals surface area contributed by atoms with Gasteiger partial charge in [0.05, 0.1) is 10.7 Å². The molecule has 1 rings (SSSR count). The lowest BCUT2D eigenvalue weighted by Crippen LogP contribution is -2.05. The Balaban J connectivity index is 2.88. The van der Waals surface area contributed by atoms with E-state index >= 15 is 0 Å². The quantitative estimate of drug-likeness (QED) is 0.811. The normalized spacial score (nSPS) is 13.1. The van der Waals surface area contributed by atoms with Crippen molar-refractivity contribution in [3.05, 3.63) is 15.6 Å². The Morgan fingerprint density at radius 1 is 1.43 bits per heavy atom. The van der Waals surface area contributed by atoms with Gasteiger partial charge in [-0.05, 0) is 19.9 Å². The van der Waals surface area contributed by atoms with Gasteiger partial charge in [-0.15, -0.1) is 11.3 Å². The Kier molecular flexibility index (Phi) is 4.55. The molecule has 0 aliphatic rings. The summed E-state index contributed by atoms with van der Waals surface area (Å²) in [6.07, 6.45) is 2.22. The van der Waals surface area contributed by atoms with Crippen molar-refractivity contribution in [2.75, 3.05) is 7.05 Å².